The van der Waals surface area contributed by atoms with Crippen LogP contribution in [0.3, 0.4) is 0 Å². The molecule has 110 valence electrons. The molecule has 2 fully saturated rings. The largest absolute Gasteiger partial charge is 0.377 e. The van der Waals surface area contributed by atoms with E-state index in [4.69, 9.17) is 4.74 Å². The number of fused-ring (bicyclic) bond motifs is 1. The average molecular weight is 281 g/mol. The first-order chi connectivity index (χ1) is 9.50. The minimum atomic E-state index is -0.532. The summed E-state index contributed by atoms with van der Waals surface area (Å²) in [6.07, 6.45) is 2.57. The molecule has 0 aromatic heterocycles. The molecule has 1 saturated heterocycles. The molecule has 20 heavy (non-hydrogen) atoms. The monoisotopic (exact) mass is 281 g/mol. The molecule has 1 heterocycles. The van der Waals surface area contributed by atoms with Gasteiger partial charge >= 0.3 is 0 Å². The van der Waals surface area contributed by atoms with Crippen LogP contribution in [0.2, 0.25) is 0 Å². The second kappa shape index (κ2) is 5.08. The topological polar surface area (TPSA) is 21.3 Å². The summed E-state index contributed by atoms with van der Waals surface area (Å²) in [5, 5.41) is 3.44. The third-order valence-corrected chi connectivity index (χ3v) is 4.86. The Balaban J connectivity index is 1.66. The Morgan fingerprint density at radius 1 is 1.35 bits per heavy atom. The van der Waals surface area contributed by atoms with Gasteiger partial charge in [-0.25, -0.2) is 8.78 Å². The van der Waals surface area contributed by atoms with Crippen LogP contribution in [0.15, 0.2) is 18.2 Å². The molecule has 3 rings (SSSR count). The molecule has 0 amide bonds. The van der Waals surface area contributed by atoms with E-state index >= 15 is 0 Å². The van der Waals surface area contributed by atoms with E-state index in [0.29, 0.717) is 30.2 Å². The van der Waals surface area contributed by atoms with Crippen molar-refractivity contribution in [2.75, 3.05) is 6.61 Å². The second-order valence-corrected chi connectivity index (χ2v) is 6.51. The highest BCUT2D eigenvalue weighted by Crippen LogP contribution is 2.51. The van der Waals surface area contributed by atoms with Crippen molar-refractivity contribution in [3.63, 3.8) is 0 Å². The zero-order chi connectivity index (χ0) is 14.3. The van der Waals surface area contributed by atoms with E-state index in [-0.39, 0.29) is 5.41 Å². The van der Waals surface area contributed by atoms with Gasteiger partial charge in [0.2, 0.25) is 0 Å². The van der Waals surface area contributed by atoms with Gasteiger partial charge in [-0.15, -0.1) is 0 Å². The number of nitrogens with one attached hydrogen (secondary N) is 1. The lowest BCUT2D eigenvalue weighted by Gasteiger charge is -2.60. The van der Waals surface area contributed by atoms with Gasteiger partial charge in [0.15, 0.2) is 0 Å². The molecule has 2 aliphatic rings. The third kappa shape index (κ3) is 2.25. The highest BCUT2D eigenvalue weighted by molar-refractivity contribution is 5.19. The van der Waals surface area contributed by atoms with E-state index < -0.39 is 11.6 Å². The fourth-order valence-corrected chi connectivity index (χ4v) is 3.82. The summed E-state index contributed by atoms with van der Waals surface area (Å²) in [7, 11) is 0. The van der Waals surface area contributed by atoms with Crippen molar-refractivity contribution < 1.29 is 13.5 Å². The Hall–Kier alpha value is -1.00. The van der Waals surface area contributed by atoms with Crippen molar-refractivity contribution in [1.29, 1.82) is 0 Å². The molecule has 1 saturated carbocycles. The minimum Gasteiger partial charge on any atom is -0.377 e. The summed E-state index contributed by atoms with van der Waals surface area (Å²) >= 11 is 0. The molecule has 0 radical (unpaired) electrons. The summed E-state index contributed by atoms with van der Waals surface area (Å²) in [6, 6.07) is 4.09. The SMILES string of the molecule is CC1(C)C(NCc2ccc(F)cc2F)C2CCCOC21. The number of hydrogen-bond donors (Lipinski definition) is 1. The van der Waals surface area contributed by atoms with Crippen molar-refractivity contribution in [2.45, 2.75) is 45.4 Å². The van der Waals surface area contributed by atoms with Crippen LogP contribution < -0.4 is 5.32 Å². The molecular formula is C16H21F2NO. The van der Waals surface area contributed by atoms with Crippen molar-refractivity contribution in [3.05, 3.63) is 35.4 Å². The Bertz CT molecular complexity index is 503. The lowest BCUT2D eigenvalue weighted by atomic mass is 9.55. The molecule has 3 unspecified atom stereocenters. The van der Waals surface area contributed by atoms with Crippen LogP contribution in [0.25, 0.3) is 0 Å². The lowest BCUT2D eigenvalue weighted by Crippen LogP contribution is -2.69. The van der Waals surface area contributed by atoms with Crippen LogP contribution in [0, 0.1) is 23.0 Å². The van der Waals surface area contributed by atoms with E-state index in [2.05, 4.69) is 19.2 Å². The van der Waals surface area contributed by atoms with Crippen LogP contribution in [-0.4, -0.2) is 18.8 Å². The first-order valence-electron chi connectivity index (χ1n) is 7.29. The zero-order valence-electron chi connectivity index (χ0n) is 12.0. The summed E-state index contributed by atoms with van der Waals surface area (Å²) in [4.78, 5) is 0. The van der Waals surface area contributed by atoms with Crippen molar-refractivity contribution in [1.82, 2.24) is 5.32 Å². The molecule has 3 atom stereocenters. The number of ether oxygens (including phenoxy) is 1. The Morgan fingerprint density at radius 2 is 2.15 bits per heavy atom. The van der Waals surface area contributed by atoms with E-state index in [1.54, 1.807) is 0 Å². The van der Waals surface area contributed by atoms with E-state index in [9.17, 15) is 8.78 Å². The Kier molecular flexibility index (Phi) is 3.55. The summed E-state index contributed by atoms with van der Waals surface area (Å²) < 4.78 is 32.4. The lowest BCUT2D eigenvalue weighted by molar-refractivity contribution is -0.193. The second-order valence-electron chi connectivity index (χ2n) is 6.51. The molecule has 0 spiro atoms. The van der Waals surface area contributed by atoms with Gasteiger partial charge in [-0.3, -0.25) is 0 Å². The standard InChI is InChI=1S/C16H21F2NO/c1-16(2)14(12-4-3-7-20-15(12)16)19-9-10-5-6-11(17)8-13(10)18/h5-6,8,12,14-15,19H,3-4,7,9H2,1-2H3. The average Bonchev–Trinajstić information content (AvgIpc) is 2.41. The molecule has 1 aromatic carbocycles. The molecule has 0 bridgehead atoms. The molecule has 4 heteroatoms. The highest BCUT2D eigenvalue weighted by atomic mass is 19.1. The maximum absolute atomic E-state index is 13.6. The van der Waals surface area contributed by atoms with Crippen LogP contribution in [0.1, 0.15) is 32.3 Å². The summed E-state index contributed by atoms with van der Waals surface area (Å²) in [5.41, 5.74) is 0.587. The van der Waals surface area contributed by atoms with Crippen LogP contribution in [-0.2, 0) is 11.3 Å². The molecule has 2 nitrogen and oxygen atoms in total. The maximum Gasteiger partial charge on any atom is 0.130 e. The van der Waals surface area contributed by atoms with Gasteiger partial charge in [0.05, 0.1) is 6.10 Å². The number of halogens is 2. The molecule has 1 aromatic rings. The quantitative estimate of drug-likeness (QED) is 0.918. The van der Waals surface area contributed by atoms with E-state index in [1.165, 1.54) is 12.1 Å². The Labute approximate surface area is 118 Å². The van der Waals surface area contributed by atoms with Crippen molar-refractivity contribution in [3.8, 4) is 0 Å². The highest BCUT2D eigenvalue weighted by Gasteiger charge is 2.57. The van der Waals surface area contributed by atoms with Crippen LogP contribution in [0.4, 0.5) is 8.78 Å². The van der Waals surface area contributed by atoms with Gasteiger partial charge in [-0.05, 0) is 18.9 Å². The van der Waals surface area contributed by atoms with Gasteiger partial charge < -0.3 is 10.1 Å². The number of hydrogen-bond acceptors (Lipinski definition) is 2. The van der Waals surface area contributed by atoms with Crippen LogP contribution >= 0.6 is 0 Å². The van der Waals surface area contributed by atoms with Gasteiger partial charge in [-0.1, -0.05) is 19.9 Å². The fourth-order valence-electron chi connectivity index (χ4n) is 3.82. The minimum absolute atomic E-state index is 0.0710. The molecule has 1 aliphatic heterocycles. The third-order valence-electron chi connectivity index (χ3n) is 4.86. The predicted molar refractivity (Wildman–Crippen MR) is 73.2 cm³/mol. The van der Waals surface area contributed by atoms with Gasteiger partial charge in [-0.2, -0.15) is 0 Å². The van der Waals surface area contributed by atoms with Crippen molar-refractivity contribution >= 4 is 0 Å². The first kappa shape index (κ1) is 14.0. The normalized spacial score (nSPS) is 31.5. The number of rotatable bonds is 3. The molecule has 1 N–H and O–H groups in total. The maximum atomic E-state index is 13.6. The predicted octanol–water partition coefficient (Wildman–Crippen LogP) is 3.26. The zero-order valence-corrected chi connectivity index (χ0v) is 12.0. The fraction of sp³-hybridized carbons (Fsp3) is 0.625. The van der Waals surface area contributed by atoms with E-state index in [1.807, 2.05) is 0 Å². The smallest absolute Gasteiger partial charge is 0.130 e. The molecular weight excluding hydrogens is 260 g/mol. The summed E-state index contributed by atoms with van der Waals surface area (Å²) in [5.74, 6) is -0.496. The van der Waals surface area contributed by atoms with Gasteiger partial charge in [0, 0.05) is 42.2 Å². The van der Waals surface area contributed by atoms with E-state index in [0.717, 1.165) is 25.5 Å². The first-order valence-corrected chi connectivity index (χ1v) is 7.29. The van der Waals surface area contributed by atoms with Crippen LogP contribution in [0.5, 0.6) is 0 Å². The van der Waals surface area contributed by atoms with Crippen molar-refractivity contribution in [2.24, 2.45) is 11.3 Å². The molecule has 1 aliphatic carbocycles. The summed E-state index contributed by atoms with van der Waals surface area (Å²) in [6.45, 7) is 5.67. The number of benzene rings is 1. The Morgan fingerprint density at radius 3 is 2.90 bits per heavy atom. The van der Waals surface area contributed by atoms with Gasteiger partial charge in [0.25, 0.3) is 0 Å². The van der Waals surface area contributed by atoms with Gasteiger partial charge in [0.1, 0.15) is 11.6 Å².